The molecule has 0 atom stereocenters. The molecule has 1 aromatic heterocycles. The number of unbranched alkanes of at least 4 members (excludes halogenated alkanes) is 1. The Hall–Kier alpha value is -2.03. The lowest BCUT2D eigenvalue weighted by Gasteiger charge is -2.13. The number of fused-ring (bicyclic) bond motifs is 1. The van der Waals surface area contributed by atoms with Crippen LogP contribution in [0.2, 0.25) is 0 Å². The van der Waals surface area contributed by atoms with Crippen LogP contribution in [0.1, 0.15) is 25.5 Å². The first-order valence-electron chi connectivity index (χ1n) is 6.62. The summed E-state index contributed by atoms with van der Waals surface area (Å²) in [6.07, 6.45) is 5.41. The predicted molar refractivity (Wildman–Crippen MR) is 77.8 cm³/mol. The number of carbonyl (C=O) groups is 1. The van der Waals surface area contributed by atoms with E-state index in [9.17, 15) is 4.79 Å². The van der Waals surface area contributed by atoms with Crippen molar-refractivity contribution in [2.75, 3.05) is 13.6 Å². The third-order valence-electron chi connectivity index (χ3n) is 3.06. The van der Waals surface area contributed by atoms with Crippen molar-refractivity contribution in [2.24, 2.45) is 0 Å². The molecule has 100 valence electrons. The van der Waals surface area contributed by atoms with Crippen LogP contribution in [0.15, 0.2) is 40.8 Å². The Kier molecular flexibility index (Phi) is 4.39. The molecule has 0 saturated carbocycles. The van der Waals surface area contributed by atoms with Crippen molar-refractivity contribution in [1.29, 1.82) is 0 Å². The number of hydrogen-bond acceptors (Lipinski definition) is 2. The maximum Gasteiger partial charge on any atom is 0.246 e. The molecule has 2 rings (SSSR count). The monoisotopic (exact) mass is 257 g/mol. The van der Waals surface area contributed by atoms with Gasteiger partial charge in [0.2, 0.25) is 5.91 Å². The van der Waals surface area contributed by atoms with Crippen molar-refractivity contribution in [3.63, 3.8) is 0 Å². The zero-order valence-electron chi connectivity index (χ0n) is 11.4. The molecule has 1 heterocycles. The van der Waals surface area contributed by atoms with Crippen LogP contribution in [-0.4, -0.2) is 24.4 Å². The normalized spacial score (nSPS) is 11.3. The number of amides is 1. The Labute approximate surface area is 113 Å². The number of likely N-dealkylation sites (N-methyl/N-ethyl adjacent to an activating group) is 1. The lowest BCUT2D eigenvalue weighted by atomic mass is 10.2. The zero-order valence-corrected chi connectivity index (χ0v) is 11.4. The van der Waals surface area contributed by atoms with Gasteiger partial charge in [0.15, 0.2) is 0 Å². The van der Waals surface area contributed by atoms with E-state index in [1.165, 1.54) is 0 Å². The number of furan rings is 1. The number of nitrogens with zero attached hydrogens (tertiary/aromatic N) is 1. The van der Waals surface area contributed by atoms with Gasteiger partial charge in [-0.3, -0.25) is 4.79 Å². The SMILES string of the molecule is CCCCN(C)C(=O)/C=C/c1cc2ccccc2o1. The van der Waals surface area contributed by atoms with Crippen LogP contribution in [0.5, 0.6) is 0 Å². The van der Waals surface area contributed by atoms with Crippen LogP contribution in [0.4, 0.5) is 0 Å². The second kappa shape index (κ2) is 6.23. The summed E-state index contributed by atoms with van der Waals surface area (Å²) in [5.74, 6) is 0.715. The summed E-state index contributed by atoms with van der Waals surface area (Å²) in [6, 6.07) is 9.75. The van der Waals surface area contributed by atoms with E-state index in [0.717, 1.165) is 30.4 Å². The number of carbonyl (C=O) groups excluding carboxylic acids is 1. The van der Waals surface area contributed by atoms with Crippen LogP contribution in [0.3, 0.4) is 0 Å². The molecule has 0 aliphatic carbocycles. The highest BCUT2D eigenvalue weighted by Gasteiger charge is 2.04. The Bertz CT molecular complexity index is 550. The fourth-order valence-corrected chi connectivity index (χ4v) is 1.87. The minimum absolute atomic E-state index is 0.00825. The van der Waals surface area contributed by atoms with Crippen LogP contribution >= 0.6 is 0 Å². The van der Waals surface area contributed by atoms with Crippen LogP contribution < -0.4 is 0 Å². The Morgan fingerprint density at radius 1 is 1.37 bits per heavy atom. The van der Waals surface area contributed by atoms with E-state index in [-0.39, 0.29) is 5.91 Å². The zero-order chi connectivity index (χ0) is 13.7. The predicted octanol–water partition coefficient (Wildman–Crippen LogP) is 3.70. The van der Waals surface area contributed by atoms with Gasteiger partial charge in [0.1, 0.15) is 11.3 Å². The summed E-state index contributed by atoms with van der Waals surface area (Å²) in [7, 11) is 1.82. The van der Waals surface area contributed by atoms with E-state index < -0.39 is 0 Å². The molecule has 1 aromatic carbocycles. The average Bonchev–Trinajstić information content (AvgIpc) is 2.84. The smallest absolute Gasteiger partial charge is 0.246 e. The second-order valence-corrected chi connectivity index (χ2v) is 4.63. The molecule has 19 heavy (non-hydrogen) atoms. The fourth-order valence-electron chi connectivity index (χ4n) is 1.87. The molecule has 3 heteroatoms. The molecule has 0 aliphatic rings. The Balaban J connectivity index is 2.03. The van der Waals surface area contributed by atoms with Crippen LogP contribution in [-0.2, 0) is 4.79 Å². The largest absolute Gasteiger partial charge is 0.457 e. The van der Waals surface area contributed by atoms with Crippen molar-refractivity contribution in [1.82, 2.24) is 4.90 Å². The van der Waals surface area contributed by atoms with Gasteiger partial charge in [0.05, 0.1) is 0 Å². The van der Waals surface area contributed by atoms with Gasteiger partial charge in [-0.05, 0) is 24.6 Å². The minimum atomic E-state index is 0.00825. The first-order chi connectivity index (χ1) is 9.20. The fraction of sp³-hybridized carbons (Fsp3) is 0.312. The number of hydrogen-bond donors (Lipinski definition) is 0. The van der Waals surface area contributed by atoms with Crippen LogP contribution in [0.25, 0.3) is 17.0 Å². The molecule has 3 nitrogen and oxygen atoms in total. The van der Waals surface area contributed by atoms with E-state index >= 15 is 0 Å². The highest BCUT2D eigenvalue weighted by Crippen LogP contribution is 2.19. The van der Waals surface area contributed by atoms with Crippen LogP contribution in [0, 0.1) is 0 Å². The van der Waals surface area contributed by atoms with Crippen molar-refractivity contribution in [2.45, 2.75) is 19.8 Å². The van der Waals surface area contributed by atoms with Gasteiger partial charge < -0.3 is 9.32 Å². The Morgan fingerprint density at radius 3 is 2.89 bits per heavy atom. The van der Waals surface area contributed by atoms with Gasteiger partial charge in [-0.1, -0.05) is 31.5 Å². The molecule has 0 fully saturated rings. The summed E-state index contributed by atoms with van der Waals surface area (Å²) in [5.41, 5.74) is 0.842. The topological polar surface area (TPSA) is 33.5 Å². The molecule has 1 amide bonds. The molecule has 0 aliphatic heterocycles. The maximum absolute atomic E-state index is 11.8. The summed E-state index contributed by atoms with van der Waals surface area (Å²) in [6.45, 7) is 2.91. The van der Waals surface area contributed by atoms with E-state index in [1.54, 1.807) is 17.1 Å². The summed E-state index contributed by atoms with van der Waals surface area (Å²) < 4.78 is 5.62. The molecule has 0 saturated heterocycles. The van der Waals surface area contributed by atoms with Gasteiger partial charge in [-0.25, -0.2) is 0 Å². The third-order valence-corrected chi connectivity index (χ3v) is 3.06. The lowest BCUT2D eigenvalue weighted by Crippen LogP contribution is -2.25. The van der Waals surface area contributed by atoms with Crippen molar-refractivity contribution < 1.29 is 9.21 Å². The van der Waals surface area contributed by atoms with Gasteiger partial charge in [0.25, 0.3) is 0 Å². The summed E-state index contributed by atoms with van der Waals surface area (Å²) >= 11 is 0. The average molecular weight is 257 g/mol. The van der Waals surface area contributed by atoms with E-state index in [4.69, 9.17) is 4.42 Å². The molecular weight excluding hydrogens is 238 g/mol. The number of benzene rings is 1. The minimum Gasteiger partial charge on any atom is -0.457 e. The maximum atomic E-state index is 11.8. The number of para-hydroxylation sites is 1. The summed E-state index contributed by atoms with van der Waals surface area (Å²) in [5, 5.41) is 1.05. The third kappa shape index (κ3) is 3.47. The first-order valence-corrected chi connectivity index (χ1v) is 6.62. The Morgan fingerprint density at radius 2 is 2.16 bits per heavy atom. The highest BCUT2D eigenvalue weighted by atomic mass is 16.3. The second-order valence-electron chi connectivity index (χ2n) is 4.63. The van der Waals surface area contributed by atoms with E-state index in [1.807, 2.05) is 37.4 Å². The van der Waals surface area contributed by atoms with Gasteiger partial charge in [-0.15, -0.1) is 0 Å². The van der Waals surface area contributed by atoms with E-state index in [0.29, 0.717) is 5.76 Å². The molecule has 0 unspecified atom stereocenters. The first kappa shape index (κ1) is 13.4. The van der Waals surface area contributed by atoms with Crippen molar-refractivity contribution in [3.05, 3.63) is 42.2 Å². The van der Waals surface area contributed by atoms with Gasteiger partial charge in [0, 0.05) is 25.1 Å². The molecule has 0 bridgehead atoms. The van der Waals surface area contributed by atoms with Crippen molar-refractivity contribution >= 4 is 23.0 Å². The number of rotatable bonds is 5. The molecule has 0 spiro atoms. The van der Waals surface area contributed by atoms with Gasteiger partial charge in [-0.2, -0.15) is 0 Å². The van der Waals surface area contributed by atoms with E-state index in [2.05, 4.69) is 6.92 Å². The lowest BCUT2D eigenvalue weighted by molar-refractivity contribution is -0.124. The molecular formula is C16H19NO2. The quantitative estimate of drug-likeness (QED) is 0.765. The molecule has 0 radical (unpaired) electrons. The molecule has 0 N–H and O–H groups in total. The standard InChI is InChI=1S/C16H19NO2/c1-3-4-11-17(2)16(18)10-9-14-12-13-7-5-6-8-15(13)19-14/h5-10,12H,3-4,11H2,1-2H3/b10-9+. The highest BCUT2D eigenvalue weighted by molar-refractivity contribution is 5.92. The summed E-state index contributed by atoms with van der Waals surface area (Å²) in [4.78, 5) is 13.6. The van der Waals surface area contributed by atoms with Gasteiger partial charge >= 0.3 is 0 Å². The van der Waals surface area contributed by atoms with Crippen molar-refractivity contribution in [3.8, 4) is 0 Å². The molecule has 2 aromatic rings.